The van der Waals surface area contributed by atoms with E-state index in [4.69, 9.17) is 4.42 Å². The molecule has 3 aromatic rings. The molecule has 0 saturated heterocycles. The second-order valence-corrected chi connectivity index (χ2v) is 6.22. The Hall–Kier alpha value is -3.03. The van der Waals surface area contributed by atoms with Crippen LogP contribution in [0.2, 0.25) is 0 Å². The molecule has 1 amide bonds. The van der Waals surface area contributed by atoms with Gasteiger partial charge in [0.2, 0.25) is 11.8 Å². The molecule has 1 N–H and O–H groups in total. The maximum atomic E-state index is 12.5. The van der Waals surface area contributed by atoms with Crippen molar-refractivity contribution in [3.63, 3.8) is 0 Å². The monoisotopic (exact) mass is 341 g/mol. The molecule has 0 fully saturated rings. The highest BCUT2D eigenvalue weighted by Gasteiger charge is 2.18. The minimum absolute atomic E-state index is 0.123. The van der Waals surface area contributed by atoms with E-state index in [0.29, 0.717) is 28.2 Å². The fraction of sp³-hybridized carbons (Fsp3) is 0.353. The zero-order valence-corrected chi connectivity index (χ0v) is 14.5. The molecule has 2 heterocycles. The van der Waals surface area contributed by atoms with E-state index < -0.39 is 6.04 Å². The van der Waals surface area contributed by atoms with Crippen molar-refractivity contribution < 1.29 is 9.21 Å². The number of carbonyl (C=O) groups is 1. The van der Waals surface area contributed by atoms with Gasteiger partial charge in [-0.15, -0.1) is 10.2 Å². The van der Waals surface area contributed by atoms with Crippen molar-refractivity contribution in [1.29, 1.82) is 0 Å². The number of amides is 1. The summed E-state index contributed by atoms with van der Waals surface area (Å²) in [6.07, 6.45) is 1.43. The number of benzene rings is 1. The Morgan fingerprint density at radius 2 is 1.92 bits per heavy atom. The average molecular weight is 341 g/mol. The molecule has 0 radical (unpaired) electrons. The lowest BCUT2D eigenvalue weighted by Crippen LogP contribution is -2.27. The Bertz CT molecular complexity index is 989. The first-order chi connectivity index (χ1) is 11.9. The fourth-order valence-electron chi connectivity index (χ4n) is 2.35. The van der Waals surface area contributed by atoms with Gasteiger partial charge in [-0.3, -0.25) is 9.59 Å². The van der Waals surface area contributed by atoms with Crippen LogP contribution in [0.3, 0.4) is 0 Å². The Balaban J connectivity index is 1.81. The molecule has 130 valence electrons. The molecule has 0 spiro atoms. The molecule has 0 aliphatic carbocycles. The minimum Gasteiger partial charge on any atom is -0.423 e. The van der Waals surface area contributed by atoms with Gasteiger partial charge in [0.15, 0.2) is 0 Å². The third kappa shape index (κ3) is 3.28. The fourth-order valence-corrected chi connectivity index (χ4v) is 2.35. The van der Waals surface area contributed by atoms with Gasteiger partial charge in [-0.1, -0.05) is 13.8 Å². The second-order valence-electron chi connectivity index (χ2n) is 6.22. The minimum atomic E-state index is -0.431. The number of carbonyl (C=O) groups excluding carboxylic acids is 1. The number of aromatic nitrogens is 4. The Labute approximate surface area is 143 Å². The van der Waals surface area contributed by atoms with Crippen molar-refractivity contribution in [2.45, 2.75) is 32.7 Å². The summed E-state index contributed by atoms with van der Waals surface area (Å²) >= 11 is 0. The third-order valence-electron chi connectivity index (χ3n) is 3.85. The first-order valence-corrected chi connectivity index (χ1v) is 7.96. The summed E-state index contributed by atoms with van der Waals surface area (Å²) in [6, 6.07) is 4.36. The normalized spacial score (nSPS) is 12.5. The van der Waals surface area contributed by atoms with E-state index in [-0.39, 0.29) is 17.4 Å². The standard InChI is InChI=1S/C17H19N5O3/c1-9(2)15-20-21-16(25-15)10(3)19-14(23)11-5-6-12-13(7-11)18-8-22(4)17(12)24/h5-10H,1-4H3,(H,19,23). The molecule has 0 aliphatic heterocycles. The molecule has 25 heavy (non-hydrogen) atoms. The predicted octanol–water partition coefficient (Wildman–Crippen LogP) is 1.93. The predicted molar refractivity (Wildman–Crippen MR) is 91.3 cm³/mol. The Morgan fingerprint density at radius 1 is 1.20 bits per heavy atom. The Kier molecular flexibility index (Phi) is 4.35. The van der Waals surface area contributed by atoms with Crippen LogP contribution in [0, 0.1) is 0 Å². The molecule has 1 unspecified atom stereocenters. The first-order valence-electron chi connectivity index (χ1n) is 7.96. The van der Waals surface area contributed by atoms with Crippen LogP contribution < -0.4 is 10.9 Å². The maximum Gasteiger partial charge on any atom is 0.260 e. The average Bonchev–Trinajstić information content (AvgIpc) is 3.08. The van der Waals surface area contributed by atoms with Crippen LogP contribution in [0.5, 0.6) is 0 Å². The van der Waals surface area contributed by atoms with Crippen LogP contribution in [-0.2, 0) is 7.05 Å². The highest BCUT2D eigenvalue weighted by molar-refractivity contribution is 5.97. The number of aryl methyl sites for hydroxylation is 1. The first kappa shape index (κ1) is 16.8. The van der Waals surface area contributed by atoms with Gasteiger partial charge >= 0.3 is 0 Å². The van der Waals surface area contributed by atoms with Crippen molar-refractivity contribution >= 4 is 16.8 Å². The highest BCUT2D eigenvalue weighted by atomic mass is 16.4. The SMILES string of the molecule is CC(C)c1nnc(C(C)NC(=O)c2ccc3c(=O)n(C)cnc3c2)o1. The molecule has 1 aromatic carbocycles. The summed E-state index contributed by atoms with van der Waals surface area (Å²) in [5.41, 5.74) is 0.726. The zero-order chi connectivity index (χ0) is 18.1. The summed E-state index contributed by atoms with van der Waals surface area (Å²) in [6.45, 7) is 5.67. The number of hydrogen-bond donors (Lipinski definition) is 1. The van der Waals surface area contributed by atoms with E-state index >= 15 is 0 Å². The summed E-state index contributed by atoms with van der Waals surface area (Å²) in [4.78, 5) is 28.7. The maximum absolute atomic E-state index is 12.5. The summed E-state index contributed by atoms with van der Waals surface area (Å²) in [5, 5.41) is 11.2. The smallest absolute Gasteiger partial charge is 0.260 e. The number of rotatable bonds is 4. The Morgan fingerprint density at radius 3 is 2.60 bits per heavy atom. The van der Waals surface area contributed by atoms with Crippen molar-refractivity contribution in [2.75, 3.05) is 0 Å². The molecule has 8 heteroatoms. The molecular formula is C17H19N5O3. The van der Waals surface area contributed by atoms with E-state index in [1.54, 1.807) is 32.2 Å². The van der Waals surface area contributed by atoms with Gasteiger partial charge in [0.05, 0.1) is 17.2 Å². The molecule has 0 bridgehead atoms. The van der Waals surface area contributed by atoms with Crippen LogP contribution >= 0.6 is 0 Å². The lowest BCUT2D eigenvalue weighted by Gasteiger charge is -2.10. The van der Waals surface area contributed by atoms with Crippen LogP contribution in [0.4, 0.5) is 0 Å². The van der Waals surface area contributed by atoms with E-state index in [1.807, 2.05) is 13.8 Å². The largest absolute Gasteiger partial charge is 0.423 e. The van der Waals surface area contributed by atoms with Gasteiger partial charge < -0.3 is 14.3 Å². The number of hydrogen-bond acceptors (Lipinski definition) is 6. The van der Waals surface area contributed by atoms with E-state index in [0.717, 1.165) is 0 Å². The zero-order valence-electron chi connectivity index (χ0n) is 14.5. The highest BCUT2D eigenvalue weighted by Crippen LogP contribution is 2.17. The molecule has 0 saturated carbocycles. The van der Waals surface area contributed by atoms with Gasteiger partial charge in [-0.05, 0) is 25.1 Å². The third-order valence-corrected chi connectivity index (χ3v) is 3.85. The van der Waals surface area contributed by atoms with Gasteiger partial charge in [0.25, 0.3) is 11.5 Å². The summed E-state index contributed by atoms with van der Waals surface area (Å²) in [7, 11) is 1.63. The van der Waals surface area contributed by atoms with E-state index in [9.17, 15) is 9.59 Å². The van der Waals surface area contributed by atoms with Gasteiger partial charge in [0, 0.05) is 18.5 Å². The molecule has 1 atom stereocenters. The van der Waals surface area contributed by atoms with Crippen molar-refractivity contribution in [1.82, 2.24) is 25.1 Å². The van der Waals surface area contributed by atoms with Crippen LogP contribution in [-0.4, -0.2) is 25.7 Å². The quantitative estimate of drug-likeness (QED) is 0.778. The van der Waals surface area contributed by atoms with Gasteiger partial charge in [-0.25, -0.2) is 4.98 Å². The van der Waals surface area contributed by atoms with Crippen LogP contribution in [0.25, 0.3) is 10.9 Å². The number of nitrogens with one attached hydrogen (secondary N) is 1. The lowest BCUT2D eigenvalue weighted by atomic mass is 10.1. The molecule has 0 aliphatic rings. The molecular weight excluding hydrogens is 322 g/mol. The second kappa shape index (κ2) is 6.46. The summed E-state index contributed by atoms with van der Waals surface area (Å²) in [5.74, 6) is 0.700. The number of fused-ring (bicyclic) bond motifs is 1. The lowest BCUT2D eigenvalue weighted by molar-refractivity contribution is 0.0934. The van der Waals surface area contributed by atoms with E-state index in [1.165, 1.54) is 10.9 Å². The van der Waals surface area contributed by atoms with Crippen molar-refractivity contribution in [3.05, 3.63) is 52.2 Å². The molecule has 3 rings (SSSR count). The molecule has 8 nitrogen and oxygen atoms in total. The van der Waals surface area contributed by atoms with Gasteiger partial charge in [-0.2, -0.15) is 0 Å². The van der Waals surface area contributed by atoms with Gasteiger partial charge in [0.1, 0.15) is 6.04 Å². The van der Waals surface area contributed by atoms with Crippen LogP contribution in [0.15, 0.2) is 33.7 Å². The number of nitrogens with zero attached hydrogens (tertiary/aromatic N) is 4. The van der Waals surface area contributed by atoms with Crippen LogP contribution in [0.1, 0.15) is 54.9 Å². The van der Waals surface area contributed by atoms with E-state index in [2.05, 4.69) is 20.5 Å². The topological polar surface area (TPSA) is 103 Å². The molecule has 2 aromatic heterocycles. The summed E-state index contributed by atoms with van der Waals surface area (Å²) < 4.78 is 6.94. The van der Waals surface area contributed by atoms with Crippen molar-refractivity contribution in [3.8, 4) is 0 Å². The van der Waals surface area contributed by atoms with Crippen molar-refractivity contribution in [2.24, 2.45) is 7.05 Å².